The molecule has 1 aliphatic rings. The number of pyridine rings is 1. The molecule has 0 fully saturated rings. The maximum Gasteiger partial charge on any atom is 0.129 e. The van der Waals surface area contributed by atoms with Crippen molar-refractivity contribution < 1.29 is 9.84 Å². The lowest BCUT2D eigenvalue weighted by molar-refractivity contribution is 0.302. The smallest absolute Gasteiger partial charge is 0.129 e. The van der Waals surface area contributed by atoms with E-state index in [0.717, 1.165) is 38.9 Å². The molecule has 1 aliphatic heterocycles. The fourth-order valence-corrected chi connectivity index (χ4v) is 3.31. The molecule has 1 N–H and O–H groups in total. The molecule has 1 aromatic heterocycles. The number of fused-ring (bicyclic) bond motifs is 6. The van der Waals surface area contributed by atoms with Gasteiger partial charge in [-0.15, -0.1) is 0 Å². The van der Waals surface area contributed by atoms with Gasteiger partial charge in [-0.05, 0) is 41.1 Å². The molecular weight excluding hydrogens is 286 g/mol. The predicted molar refractivity (Wildman–Crippen MR) is 90.7 cm³/mol. The lowest BCUT2D eigenvalue weighted by Crippen LogP contribution is -2.07. The van der Waals surface area contributed by atoms with Gasteiger partial charge in [0.05, 0.1) is 16.8 Å². The van der Waals surface area contributed by atoms with Gasteiger partial charge in [0.15, 0.2) is 0 Å². The van der Waals surface area contributed by atoms with Crippen LogP contribution in [-0.4, -0.2) is 10.1 Å². The average molecular weight is 299 g/mol. The zero-order valence-electron chi connectivity index (χ0n) is 12.3. The summed E-state index contributed by atoms with van der Waals surface area (Å²) in [6, 6.07) is 19.7. The molecule has 0 saturated carbocycles. The minimum Gasteiger partial charge on any atom is -0.508 e. The third-order valence-electron chi connectivity index (χ3n) is 4.39. The predicted octanol–water partition coefficient (Wildman–Crippen LogP) is 4.65. The van der Waals surface area contributed by atoms with Gasteiger partial charge in [0.2, 0.25) is 0 Å². The van der Waals surface area contributed by atoms with E-state index in [0.29, 0.717) is 6.61 Å². The normalized spacial score (nSPS) is 12.7. The Kier molecular flexibility index (Phi) is 2.42. The number of ether oxygens (including phenoxy) is 1. The van der Waals surface area contributed by atoms with Gasteiger partial charge in [0.1, 0.15) is 18.1 Å². The molecule has 0 aliphatic carbocycles. The molecule has 0 bridgehead atoms. The van der Waals surface area contributed by atoms with Crippen LogP contribution in [0.25, 0.3) is 32.9 Å². The lowest BCUT2D eigenvalue weighted by Gasteiger charge is -2.22. The number of phenolic OH excluding ortho intramolecular Hbond substituents is 1. The second-order valence-electron chi connectivity index (χ2n) is 5.82. The summed E-state index contributed by atoms with van der Waals surface area (Å²) < 4.78 is 5.93. The first-order valence-electron chi connectivity index (χ1n) is 7.57. The molecule has 3 heteroatoms. The first kappa shape index (κ1) is 12.5. The minimum absolute atomic E-state index is 0.252. The number of benzene rings is 3. The Morgan fingerprint density at radius 3 is 2.78 bits per heavy atom. The first-order chi connectivity index (χ1) is 11.3. The third-order valence-corrected chi connectivity index (χ3v) is 4.39. The van der Waals surface area contributed by atoms with Gasteiger partial charge in [-0.25, -0.2) is 4.98 Å². The molecule has 110 valence electrons. The molecule has 23 heavy (non-hydrogen) atoms. The summed E-state index contributed by atoms with van der Waals surface area (Å²) in [6.45, 7) is 0.499. The van der Waals surface area contributed by atoms with Crippen molar-refractivity contribution in [3.63, 3.8) is 0 Å². The maximum atomic E-state index is 9.67. The van der Waals surface area contributed by atoms with Crippen molar-refractivity contribution in [3.8, 4) is 22.8 Å². The second-order valence-corrected chi connectivity index (χ2v) is 5.82. The van der Waals surface area contributed by atoms with Crippen molar-refractivity contribution in [3.05, 3.63) is 66.2 Å². The molecule has 5 rings (SSSR count). The van der Waals surface area contributed by atoms with Crippen LogP contribution in [0.15, 0.2) is 60.7 Å². The number of hydrogen-bond acceptors (Lipinski definition) is 3. The van der Waals surface area contributed by atoms with Crippen LogP contribution in [0.4, 0.5) is 0 Å². The van der Waals surface area contributed by atoms with E-state index >= 15 is 0 Å². The van der Waals surface area contributed by atoms with E-state index in [4.69, 9.17) is 9.72 Å². The Morgan fingerprint density at radius 2 is 1.83 bits per heavy atom. The van der Waals surface area contributed by atoms with Gasteiger partial charge in [-0.1, -0.05) is 30.3 Å². The molecular formula is C20H13NO2. The van der Waals surface area contributed by atoms with Gasteiger partial charge < -0.3 is 9.84 Å². The van der Waals surface area contributed by atoms with E-state index in [1.807, 2.05) is 24.3 Å². The zero-order valence-corrected chi connectivity index (χ0v) is 12.3. The van der Waals surface area contributed by atoms with Crippen LogP contribution in [0.1, 0.15) is 5.56 Å². The molecule has 4 aromatic rings. The highest BCUT2D eigenvalue weighted by atomic mass is 16.5. The van der Waals surface area contributed by atoms with Crippen LogP contribution in [0, 0.1) is 0 Å². The molecule has 0 atom stereocenters. The fourth-order valence-electron chi connectivity index (χ4n) is 3.31. The number of nitrogens with zero attached hydrogens (tertiary/aromatic N) is 1. The van der Waals surface area contributed by atoms with E-state index < -0.39 is 0 Å². The SMILES string of the molecule is Oc1ccc2nc3c(cc2c1)COc1ccc2ccccc2c1-3. The Hall–Kier alpha value is -3.07. The Morgan fingerprint density at radius 1 is 0.913 bits per heavy atom. The number of aromatic hydroxyl groups is 1. The van der Waals surface area contributed by atoms with Crippen molar-refractivity contribution in [2.75, 3.05) is 0 Å². The van der Waals surface area contributed by atoms with Crippen molar-refractivity contribution in [2.45, 2.75) is 6.61 Å². The molecule has 3 nitrogen and oxygen atoms in total. The largest absolute Gasteiger partial charge is 0.508 e. The van der Waals surface area contributed by atoms with Crippen molar-refractivity contribution in [2.24, 2.45) is 0 Å². The van der Waals surface area contributed by atoms with Gasteiger partial charge in [-0.3, -0.25) is 0 Å². The van der Waals surface area contributed by atoms with Crippen molar-refractivity contribution >= 4 is 21.7 Å². The van der Waals surface area contributed by atoms with Gasteiger partial charge >= 0.3 is 0 Å². The van der Waals surface area contributed by atoms with E-state index in [-0.39, 0.29) is 5.75 Å². The van der Waals surface area contributed by atoms with Crippen molar-refractivity contribution in [1.82, 2.24) is 4.98 Å². The standard InChI is InChI=1S/C20H13NO2/c22-15-6-7-17-13(10-15)9-14-11-23-18-8-5-12-3-1-2-4-16(12)19(18)20(14)21-17/h1-10,22H,11H2. The molecule has 0 saturated heterocycles. The average Bonchev–Trinajstić information content (AvgIpc) is 2.59. The highest BCUT2D eigenvalue weighted by molar-refractivity contribution is 6.01. The Labute approximate surface area is 132 Å². The molecule has 0 radical (unpaired) electrons. The van der Waals surface area contributed by atoms with Gasteiger partial charge in [0.25, 0.3) is 0 Å². The topological polar surface area (TPSA) is 42.4 Å². The number of rotatable bonds is 0. The molecule has 0 spiro atoms. The molecule has 2 heterocycles. The molecule has 0 unspecified atom stereocenters. The summed E-state index contributed by atoms with van der Waals surface area (Å²) in [4.78, 5) is 4.86. The number of hydrogen-bond donors (Lipinski definition) is 1. The lowest BCUT2D eigenvalue weighted by atomic mass is 9.95. The molecule has 0 amide bonds. The van der Waals surface area contributed by atoms with E-state index in [1.54, 1.807) is 12.1 Å². The van der Waals surface area contributed by atoms with E-state index in [2.05, 4.69) is 24.3 Å². The highest BCUT2D eigenvalue weighted by Gasteiger charge is 2.21. The van der Waals surface area contributed by atoms with E-state index in [1.165, 1.54) is 5.39 Å². The van der Waals surface area contributed by atoms with Crippen molar-refractivity contribution in [1.29, 1.82) is 0 Å². The summed E-state index contributed by atoms with van der Waals surface area (Å²) in [6.07, 6.45) is 0. The highest BCUT2D eigenvalue weighted by Crippen LogP contribution is 2.42. The summed E-state index contributed by atoms with van der Waals surface area (Å²) in [5, 5.41) is 12.9. The van der Waals surface area contributed by atoms with Crippen LogP contribution in [0.2, 0.25) is 0 Å². The Bertz CT molecular complexity index is 1090. The monoisotopic (exact) mass is 299 g/mol. The van der Waals surface area contributed by atoms with E-state index in [9.17, 15) is 5.11 Å². The second kappa shape index (κ2) is 4.46. The van der Waals surface area contributed by atoms with Crippen LogP contribution in [-0.2, 0) is 6.61 Å². The first-order valence-corrected chi connectivity index (χ1v) is 7.57. The van der Waals surface area contributed by atoms with Crippen LogP contribution in [0.3, 0.4) is 0 Å². The summed E-state index contributed by atoms with van der Waals surface area (Å²) in [5.41, 5.74) is 3.95. The maximum absolute atomic E-state index is 9.67. The zero-order chi connectivity index (χ0) is 15.4. The third kappa shape index (κ3) is 1.80. The Balaban J connectivity index is 1.89. The number of aromatic nitrogens is 1. The fraction of sp³-hybridized carbons (Fsp3) is 0.0500. The summed E-state index contributed by atoms with van der Waals surface area (Å²) in [5.74, 6) is 1.13. The molecule has 3 aromatic carbocycles. The summed E-state index contributed by atoms with van der Waals surface area (Å²) >= 11 is 0. The van der Waals surface area contributed by atoms with Gasteiger partial charge in [-0.2, -0.15) is 0 Å². The quantitative estimate of drug-likeness (QED) is 0.514. The summed E-state index contributed by atoms with van der Waals surface area (Å²) in [7, 11) is 0. The van der Waals surface area contributed by atoms with Crippen LogP contribution >= 0.6 is 0 Å². The van der Waals surface area contributed by atoms with Crippen LogP contribution in [0.5, 0.6) is 11.5 Å². The van der Waals surface area contributed by atoms with Gasteiger partial charge in [0, 0.05) is 10.9 Å². The number of phenols is 1. The minimum atomic E-state index is 0.252. The van der Waals surface area contributed by atoms with Crippen LogP contribution < -0.4 is 4.74 Å².